The van der Waals surface area contributed by atoms with E-state index in [4.69, 9.17) is 0 Å². The maximum absolute atomic E-state index is 12.3. The number of rotatable bonds is 5. The Bertz CT molecular complexity index is 1000. The fourth-order valence-electron chi connectivity index (χ4n) is 2.86. The van der Waals surface area contributed by atoms with Crippen molar-refractivity contribution in [1.29, 1.82) is 0 Å². The maximum Gasteiger partial charge on any atom is 0.224 e. The van der Waals surface area contributed by atoms with Gasteiger partial charge in [-0.1, -0.05) is 24.3 Å². The number of benzene rings is 1. The predicted octanol–water partition coefficient (Wildman–Crippen LogP) is 4.15. The maximum atomic E-state index is 12.3. The highest BCUT2D eigenvalue weighted by Gasteiger charge is 2.09. The summed E-state index contributed by atoms with van der Waals surface area (Å²) in [5.41, 5.74) is 4.06. The number of aromatic nitrogens is 2. The highest BCUT2D eigenvalue weighted by atomic mass is 32.1. The van der Waals surface area contributed by atoms with E-state index in [0.29, 0.717) is 13.0 Å². The number of carbonyl (C=O) groups is 1. The third kappa shape index (κ3) is 3.46. The average molecular weight is 347 g/mol. The molecule has 0 aliphatic heterocycles. The first kappa shape index (κ1) is 15.6. The standard InChI is InChI=1S/C20H17N3OS/c24-20(11-15-13-22-17-5-2-1-4-16(15)17)23-12-14-7-8-21-18(10-14)19-6-3-9-25-19/h1-10,13,22H,11-12H2,(H,23,24). The minimum Gasteiger partial charge on any atom is -0.361 e. The van der Waals surface area contributed by atoms with E-state index in [-0.39, 0.29) is 5.91 Å². The molecule has 1 aromatic carbocycles. The molecule has 124 valence electrons. The number of hydrogen-bond acceptors (Lipinski definition) is 3. The Labute approximate surface area is 149 Å². The number of nitrogens with zero attached hydrogens (tertiary/aromatic N) is 1. The smallest absolute Gasteiger partial charge is 0.224 e. The van der Waals surface area contributed by atoms with Crippen molar-refractivity contribution >= 4 is 28.1 Å². The van der Waals surface area contributed by atoms with Crippen molar-refractivity contribution in [2.75, 3.05) is 0 Å². The molecule has 4 nitrogen and oxygen atoms in total. The Balaban J connectivity index is 1.41. The molecule has 3 aromatic heterocycles. The van der Waals surface area contributed by atoms with Crippen LogP contribution in [0.25, 0.3) is 21.5 Å². The van der Waals surface area contributed by atoms with Gasteiger partial charge >= 0.3 is 0 Å². The van der Waals surface area contributed by atoms with E-state index in [1.807, 2.05) is 60.1 Å². The summed E-state index contributed by atoms with van der Waals surface area (Å²) >= 11 is 1.66. The summed E-state index contributed by atoms with van der Waals surface area (Å²) in [4.78, 5) is 21.0. The van der Waals surface area contributed by atoms with Gasteiger partial charge in [0.05, 0.1) is 17.0 Å². The largest absolute Gasteiger partial charge is 0.361 e. The number of aromatic amines is 1. The molecule has 2 N–H and O–H groups in total. The number of hydrogen-bond donors (Lipinski definition) is 2. The van der Waals surface area contributed by atoms with Gasteiger partial charge in [0.2, 0.25) is 5.91 Å². The highest BCUT2D eigenvalue weighted by Crippen LogP contribution is 2.23. The lowest BCUT2D eigenvalue weighted by Gasteiger charge is -2.06. The molecule has 5 heteroatoms. The first-order valence-electron chi connectivity index (χ1n) is 8.10. The molecule has 0 unspecified atom stereocenters. The van der Waals surface area contributed by atoms with Crippen LogP contribution in [0.1, 0.15) is 11.1 Å². The quantitative estimate of drug-likeness (QED) is 0.570. The molecule has 0 bridgehead atoms. The molecule has 0 aliphatic rings. The second kappa shape index (κ2) is 6.91. The van der Waals surface area contributed by atoms with Gasteiger partial charge in [-0.2, -0.15) is 0 Å². The summed E-state index contributed by atoms with van der Waals surface area (Å²) < 4.78 is 0. The monoisotopic (exact) mass is 347 g/mol. The Morgan fingerprint density at radius 2 is 2.08 bits per heavy atom. The van der Waals surface area contributed by atoms with Crippen molar-refractivity contribution in [2.45, 2.75) is 13.0 Å². The lowest BCUT2D eigenvalue weighted by atomic mass is 10.1. The number of para-hydroxylation sites is 1. The van der Waals surface area contributed by atoms with Gasteiger partial charge in [-0.25, -0.2) is 0 Å². The summed E-state index contributed by atoms with van der Waals surface area (Å²) in [7, 11) is 0. The fourth-order valence-corrected chi connectivity index (χ4v) is 3.55. The van der Waals surface area contributed by atoms with Gasteiger partial charge in [0.25, 0.3) is 0 Å². The zero-order chi connectivity index (χ0) is 17.1. The Hall–Kier alpha value is -2.92. The van der Waals surface area contributed by atoms with Gasteiger partial charge < -0.3 is 10.3 Å². The molecule has 3 heterocycles. The summed E-state index contributed by atoms with van der Waals surface area (Å²) in [5.74, 6) is 0.0132. The molecular weight excluding hydrogens is 330 g/mol. The van der Waals surface area contributed by atoms with Crippen LogP contribution < -0.4 is 5.32 Å². The predicted molar refractivity (Wildman–Crippen MR) is 101 cm³/mol. The minimum absolute atomic E-state index is 0.0132. The molecule has 4 aromatic rings. The van der Waals surface area contributed by atoms with Crippen molar-refractivity contribution in [3.8, 4) is 10.6 Å². The van der Waals surface area contributed by atoms with Crippen LogP contribution in [0.3, 0.4) is 0 Å². The van der Waals surface area contributed by atoms with Gasteiger partial charge in [-0.05, 0) is 40.8 Å². The zero-order valence-electron chi connectivity index (χ0n) is 13.5. The van der Waals surface area contributed by atoms with E-state index in [9.17, 15) is 4.79 Å². The summed E-state index contributed by atoms with van der Waals surface area (Å²) in [5, 5.41) is 6.13. The molecule has 0 radical (unpaired) electrons. The van der Waals surface area contributed by atoms with Gasteiger partial charge in [0.15, 0.2) is 0 Å². The van der Waals surface area contributed by atoms with E-state index in [1.165, 1.54) is 0 Å². The van der Waals surface area contributed by atoms with Crippen LogP contribution in [0.5, 0.6) is 0 Å². The first-order valence-corrected chi connectivity index (χ1v) is 8.98. The lowest BCUT2D eigenvalue weighted by Crippen LogP contribution is -2.24. The van der Waals surface area contributed by atoms with Crippen LogP contribution in [0, 0.1) is 0 Å². The number of H-pyrrole nitrogens is 1. The van der Waals surface area contributed by atoms with Gasteiger partial charge in [-0.15, -0.1) is 11.3 Å². The van der Waals surface area contributed by atoms with Crippen molar-refractivity contribution in [1.82, 2.24) is 15.3 Å². The third-order valence-electron chi connectivity index (χ3n) is 4.11. The second-order valence-electron chi connectivity index (χ2n) is 5.84. The van der Waals surface area contributed by atoms with Crippen molar-refractivity contribution in [2.24, 2.45) is 0 Å². The topological polar surface area (TPSA) is 57.8 Å². The summed E-state index contributed by atoms with van der Waals surface area (Å²) in [6, 6.07) is 16.0. The molecule has 0 atom stereocenters. The van der Waals surface area contributed by atoms with Crippen molar-refractivity contribution in [3.63, 3.8) is 0 Å². The minimum atomic E-state index is 0.0132. The van der Waals surface area contributed by atoms with E-state index < -0.39 is 0 Å². The number of pyridine rings is 1. The Morgan fingerprint density at radius 3 is 2.96 bits per heavy atom. The normalized spacial score (nSPS) is 10.9. The number of nitrogens with one attached hydrogen (secondary N) is 2. The van der Waals surface area contributed by atoms with Crippen LogP contribution in [-0.2, 0) is 17.8 Å². The SMILES string of the molecule is O=C(Cc1c[nH]c2ccccc12)NCc1ccnc(-c2cccs2)c1. The summed E-state index contributed by atoms with van der Waals surface area (Å²) in [6.45, 7) is 0.502. The third-order valence-corrected chi connectivity index (χ3v) is 5.01. The molecule has 0 saturated carbocycles. The van der Waals surface area contributed by atoms with Crippen molar-refractivity contribution in [3.05, 3.63) is 77.4 Å². The molecule has 25 heavy (non-hydrogen) atoms. The Morgan fingerprint density at radius 1 is 1.16 bits per heavy atom. The molecule has 4 rings (SSSR count). The molecule has 0 saturated heterocycles. The van der Waals surface area contributed by atoms with Gasteiger partial charge in [0.1, 0.15) is 0 Å². The van der Waals surface area contributed by atoms with Crippen LogP contribution in [0.15, 0.2) is 66.3 Å². The van der Waals surface area contributed by atoms with Crippen LogP contribution in [-0.4, -0.2) is 15.9 Å². The van der Waals surface area contributed by atoms with Crippen LogP contribution in [0.4, 0.5) is 0 Å². The van der Waals surface area contributed by atoms with Gasteiger partial charge in [-0.3, -0.25) is 9.78 Å². The van der Waals surface area contributed by atoms with Crippen LogP contribution in [0.2, 0.25) is 0 Å². The Kier molecular flexibility index (Phi) is 4.31. The number of carbonyl (C=O) groups excluding carboxylic acids is 1. The van der Waals surface area contributed by atoms with Gasteiger partial charge in [0, 0.05) is 29.8 Å². The number of thiophene rings is 1. The molecule has 0 spiro atoms. The summed E-state index contributed by atoms with van der Waals surface area (Å²) in [6.07, 6.45) is 4.06. The van der Waals surface area contributed by atoms with Crippen molar-refractivity contribution < 1.29 is 4.79 Å². The van der Waals surface area contributed by atoms with E-state index in [0.717, 1.165) is 32.6 Å². The lowest BCUT2D eigenvalue weighted by molar-refractivity contribution is -0.120. The number of amides is 1. The fraction of sp³-hybridized carbons (Fsp3) is 0.100. The molecule has 1 amide bonds. The molecular formula is C20H17N3OS. The number of fused-ring (bicyclic) bond motifs is 1. The van der Waals surface area contributed by atoms with E-state index >= 15 is 0 Å². The van der Waals surface area contributed by atoms with E-state index in [1.54, 1.807) is 17.5 Å². The van der Waals surface area contributed by atoms with Crippen LogP contribution >= 0.6 is 11.3 Å². The molecule has 0 fully saturated rings. The average Bonchev–Trinajstić information content (AvgIpc) is 3.31. The zero-order valence-corrected chi connectivity index (χ0v) is 14.3. The first-order chi connectivity index (χ1) is 12.3. The van der Waals surface area contributed by atoms with E-state index in [2.05, 4.69) is 15.3 Å². The molecule has 0 aliphatic carbocycles. The second-order valence-corrected chi connectivity index (χ2v) is 6.79. The highest BCUT2D eigenvalue weighted by molar-refractivity contribution is 7.13.